The molecule has 122 valence electrons. The molecule has 1 aliphatic heterocycles. The van der Waals surface area contributed by atoms with Gasteiger partial charge in [0.25, 0.3) is 0 Å². The summed E-state index contributed by atoms with van der Waals surface area (Å²) in [5.74, 6) is -1.11. The van der Waals surface area contributed by atoms with Crippen molar-refractivity contribution in [2.45, 2.75) is 52.8 Å². The van der Waals surface area contributed by atoms with E-state index in [-0.39, 0.29) is 5.41 Å². The molecule has 1 aromatic rings. The Balaban J connectivity index is 2.36. The van der Waals surface area contributed by atoms with Gasteiger partial charge in [-0.15, -0.1) is 0 Å². The lowest BCUT2D eigenvalue weighted by atomic mass is 9.81. The van der Waals surface area contributed by atoms with Crippen molar-refractivity contribution in [3.63, 3.8) is 0 Å². The van der Waals surface area contributed by atoms with E-state index in [1.165, 1.54) is 0 Å². The molecule has 0 amide bonds. The SMILES string of the molecule is CCOC1(O[Si](C)(C)C)ON=C(c2ccccc2)CC1(C)C. The second kappa shape index (κ2) is 6.14. The molecule has 0 saturated heterocycles. The lowest BCUT2D eigenvalue weighted by molar-refractivity contribution is -0.400. The number of ether oxygens (including phenoxy) is 1. The Morgan fingerprint density at radius 2 is 1.82 bits per heavy atom. The van der Waals surface area contributed by atoms with Gasteiger partial charge in [0.1, 0.15) is 0 Å². The fraction of sp³-hybridized carbons (Fsp3) is 0.588. The van der Waals surface area contributed by atoms with E-state index in [2.05, 4.69) is 38.6 Å². The topological polar surface area (TPSA) is 40.0 Å². The summed E-state index contributed by atoms with van der Waals surface area (Å²) in [6.45, 7) is 13.1. The molecule has 22 heavy (non-hydrogen) atoms. The Morgan fingerprint density at radius 3 is 2.32 bits per heavy atom. The van der Waals surface area contributed by atoms with E-state index in [0.717, 1.165) is 17.7 Å². The molecule has 4 nitrogen and oxygen atoms in total. The van der Waals surface area contributed by atoms with Gasteiger partial charge in [0.05, 0.1) is 17.7 Å². The van der Waals surface area contributed by atoms with E-state index in [1.807, 2.05) is 37.3 Å². The normalized spacial score (nSPS) is 24.5. The quantitative estimate of drug-likeness (QED) is 0.597. The van der Waals surface area contributed by atoms with Gasteiger partial charge >= 0.3 is 5.97 Å². The zero-order valence-electron chi connectivity index (χ0n) is 14.5. The van der Waals surface area contributed by atoms with Crippen molar-refractivity contribution >= 4 is 14.0 Å². The molecule has 0 radical (unpaired) electrons. The van der Waals surface area contributed by atoms with Crippen LogP contribution < -0.4 is 0 Å². The molecule has 0 spiro atoms. The third-order valence-electron chi connectivity index (χ3n) is 3.60. The van der Waals surface area contributed by atoms with E-state index in [1.54, 1.807) is 0 Å². The summed E-state index contributed by atoms with van der Waals surface area (Å²) in [6, 6.07) is 10.1. The van der Waals surface area contributed by atoms with Crippen LogP contribution in [0.3, 0.4) is 0 Å². The number of benzene rings is 1. The third kappa shape index (κ3) is 3.59. The largest absolute Gasteiger partial charge is 0.358 e. The van der Waals surface area contributed by atoms with Crippen LogP contribution in [0.1, 0.15) is 32.8 Å². The molecule has 0 saturated carbocycles. The van der Waals surface area contributed by atoms with E-state index < -0.39 is 14.3 Å². The van der Waals surface area contributed by atoms with Crippen LogP contribution in [0.5, 0.6) is 0 Å². The van der Waals surface area contributed by atoms with E-state index in [0.29, 0.717) is 6.61 Å². The van der Waals surface area contributed by atoms with Gasteiger partial charge in [-0.05, 0) is 32.1 Å². The second-order valence-electron chi connectivity index (χ2n) is 7.26. The maximum absolute atomic E-state index is 6.29. The summed E-state index contributed by atoms with van der Waals surface area (Å²) >= 11 is 0. The van der Waals surface area contributed by atoms with Crippen molar-refractivity contribution in [1.29, 1.82) is 0 Å². The van der Waals surface area contributed by atoms with Crippen LogP contribution in [0.4, 0.5) is 0 Å². The minimum absolute atomic E-state index is 0.337. The predicted octanol–water partition coefficient (Wildman–Crippen LogP) is 4.38. The minimum Gasteiger partial charge on any atom is -0.358 e. The van der Waals surface area contributed by atoms with Crippen molar-refractivity contribution in [3.8, 4) is 0 Å². The first-order chi connectivity index (χ1) is 10.2. The first-order valence-corrected chi connectivity index (χ1v) is 11.2. The molecular formula is C17H27NO3Si. The van der Waals surface area contributed by atoms with Gasteiger partial charge in [-0.2, -0.15) is 0 Å². The fourth-order valence-electron chi connectivity index (χ4n) is 2.58. The monoisotopic (exact) mass is 321 g/mol. The zero-order valence-corrected chi connectivity index (χ0v) is 15.5. The molecule has 0 bridgehead atoms. The smallest absolute Gasteiger partial charge is 0.346 e. The van der Waals surface area contributed by atoms with Crippen LogP contribution in [-0.2, 0) is 14.0 Å². The van der Waals surface area contributed by atoms with Gasteiger partial charge in [-0.25, -0.2) is 0 Å². The van der Waals surface area contributed by atoms with Gasteiger partial charge in [-0.3, -0.25) is 0 Å². The van der Waals surface area contributed by atoms with Crippen molar-refractivity contribution in [2.24, 2.45) is 10.6 Å². The van der Waals surface area contributed by atoms with Gasteiger partial charge in [0.15, 0.2) is 8.32 Å². The molecule has 0 N–H and O–H groups in total. The highest BCUT2D eigenvalue weighted by Crippen LogP contribution is 2.45. The second-order valence-corrected chi connectivity index (χ2v) is 11.7. The molecule has 0 fully saturated rings. The molecule has 1 aliphatic rings. The minimum atomic E-state index is -1.86. The van der Waals surface area contributed by atoms with Gasteiger partial charge in [0, 0.05) is 6.42 Å². The maximum Gasteiger partial charge on any atom is 0.346 e. The number of oxime groups is 1. The van der Waals surface area contributed by atoms with Crippen LogP contribution in [-0.4, -0.2) is 26.6 Å². The third-order valence-corrected chi connectivity index (χ3v) is 4.48. The van der Waals surface area contributed by atoms with Gasteiger partial charge in [0.2, 0.25) is 0 Å². The van der Waals surface area contributed by atoms with Gasteiger partial charge < -0.3 is 14.0 Å². The molecule has 1 heterocycles. The van der Waals surface area contributed by atoms with Crippen molar-refractivity contribution in [1.82, 2.24) is 0 Å². The average molecular weight is 321 g/mol. The molecular weight excluding hydrogens is 294 g/mol. The summed E-state index contributed by atoms with van der Waals surface area (Å²) in [4.78, 5) is 5.84. The summed E-state index contributed by atoms with van der Waals surface area (Å²) < 4.78 is 12.2. The highest BCUT2D eigenvalue weighted by atomic mass is 28.4. The van der Waals surface area contributed by atoms with Crippen LogP contribution >= 0.6 is 0 Å². The van der Waals surface area contributed by atoms with E-state index >= 15 is 0 Å². The van der Waals surface area contributed by atoms with E-state index in [9.17, 15) is 0 Å². The number of rotatable bonds is 5. The first kappa shape index (κ1) is 17.2. The van der Waals surface area contributed by atoms with Crippen LogP contribution in [0.2, 0.25) is 19.6 Å². The average Bonchev–Trinajstić information content (AvgIpc) is 2.41. The number of hydrogen-bond acceptors (Lipinski definition) is 4. The molecule has 0 aliphatic carbocycles. The molecule has 5 heteroatoms. The molecule has 1 atom stereocenters. The van der Waals surface area contributed by atoms with E-state index in [4.69, 9.17) is 14.0 Å². The van der Waals surface area contributed by atoms with Crippen LogP contribution in [0, 0.1) is 5.41 Å². The zero-order chi connectivity index (χ0) is 16.4. The lowest BCUT2D eigenvalue weighted by Crippen LogP contribution is -2.58. The predicted molar refractivity (Wildman–Crippen MR) is 91.3 cm³/mol. The fourth-order valence-corrected chi connectivity index (χ4v) is 3.76. The Morgan fingerprint density at radius 1 is 1.18 bits per heavy atom. The summed E-state index contributed by atoms with van der Waals surface area (Å²) in [6.07, 6.45) is 0.738. The summed E-state index contributed by atoms with van der Waals surface area (Å²) in [5.41, 5.74) is 1.67. The highest BCUT2D eigenvalue weighted by molar-refractivity contribution is 6.69. The van der Waals surface area contributed by atoms with Crippen molar-refractivity contribution in [3.05, 3.63) is 35.9 Å². The molecule has 1 unspecified atom stereocenters. The Labute approximate surface area is 134 Å². The van der Waals surface area contributed by atoms with Crippen molar-refractivity contribution in [2.75, 3.05) is 6.61 Å². The Bertz CT molecular complexity index is 537. The lowest BCUT2D eigenvalue weighted by Gasteiger charge is -2.47. The Hall–Kier alpha value is -1.17. The molecule has 2 rings (SSSR count). The van der Waals surface area contributed by atoms with Crippen molar-refractivity contribution < 1.29 is 14.0 Å². The standard InChI is InChI=1S/C17H27NO3Si/c1-7-19-17(21-22(4,5)6)16(2,3)13-15(18-20-17)14-11-9-8-10-12-14/h8-12H,7,13H2,1-6H3. The first-order valence-electron chi connectivity index (χ1n) is 7.84. The maximum atomic E-state index is 6.29. The van der Waals surface area contributed by atoms with Gasteiger partial charge in [-0.1, -0.05) is 49.3 Å². The Kier molecular flexibility index (Phi) is 4.80. The highest BCUT2D eigenvalue weighted by Gasteiger charge is 2.55. The van der Waals surface area contributed by atoms with Crippen LogP contribution in [0.15, 0.2) is 35.5 Å². The number of nitrogens with zero attached hydrogens (tertiary/aromatic N) is 1. The molecule has 1 aromatic carbocycles. The van der Waals surface area contributed by atoms with Crippen LogP contribution in [0.25, 0.3) is 0 Å². The number of hydrogen-bond donors (Lipinski definition) is 0. The summed E-state index contributed by atoms with van der Waals surface area (Å²) in [7, 11) is -1.86. The molecule has 0 aromatic heterocycles. The summed E-state index contributed by atoms with van der Waals surface area (Å²) in [5, 5.41) is 4.34.